The van der Waals surface area contributed by atoms with Gasteiger partial charge in [0, 0.05) is 5.69 Å². The second-order valence-corrected chi connectivity index (χ2v) is 5.06. The molecule has 0 fully saturated rings. The maximum absolute atomic E-state index is 11.9. The molecule has 2 rings (SSSR count). The summed E-state index contributed by atoms with van der Waals surface area (Å²) in [6, 6.07) is 14.6. The predicted molar refractivity (Wildman–Crippen MR) is 85.3 cm³/mol. The van der Waals surface area contributed by atoms with Crippen molar-refractivity contribution in [3.63, 3.8) is 0 Å². The monoisotopic (exact) mass is 304 g/mol. The van der Waals surface area contributed by atoms with Gasteiger partial charge in [-0.15, -0.1) is 0 Å². The number of hydrogen-bond acceptors (Lipinski definition) is 3. The molecule has 1 amide bonds. The minimum atomic E-state index is -0.273. The number of hydrogen-bond donors (Lipinski definition) is 2. The first-order valence-electron chi connectivity index (χ1n) is 6.57. The number of benzene rings is 2. The Morgan fingerprint density at radius 3 is 2.71 bits per heavy atom. The van der Waals surface area contributed by atoms with Crippen molar-refractivity contribution < 1.29 is 9.53 Å². The SMILES string of the molecule is CC(OCC(=O)Nc1cc(N)ccc1Cl)c1ccccc1. The molecule has 0 aliphatic rings. The minimum Gasteiger partial charge on any atom is -0.399 e. The lowest BCUT2D eigenvalue weighted by molar-refractivity contribution is -0.122. The highest BCUT2D eigenvalue weighted by Gasteiger charge is 2.10. The van der Waals surface area contributed by atoms with Crippen LogP contribution in [0.4, 0.5) is 11.4 Å². The van der Waals surface area contributed by atoms with Crippen molar-refractivity contribution in [3.05, 3.63) is 59.1 Å². The molecule has 4 nitrogen and oxygen atoms in total. The molecule has 0 saturated carbocycles. The van der Waals surface area contributed by atoms with Gasteiger partial charge in [-0.05, 0) is 30.7 Å². The highest BCUT2D eigenvalue weighted by molar-refractivity contribution is 6.33. The molecule has 0 aliphatic carbocycles. The highest BCUT2D eigenvalue weighted by Crippen LogP contribution is 2.24. The van der Waals surface area contributed by atoms with Crippen LogP contribution in [0.1, 0.15) is 18.6 Å². The number of carbonyl (C=O) groups is 1. The van der Waals surface area contributed by atoms with E-state index in [0.717, 1.165) is 5.56 Å². The first-order valence-corrected chi connectivity index (χ1v) is 6.95. The summed E-state index contributed by atoms with van der Waals surface area (Å²) in [5, 5.41) is 3.12. The van der Waals surface area contributed by atoms with Crippen LogP contribution in [-0.4, -0.2) is 12.5 Å². The van der Waals surface area contributed by atoms with Crippen molar-refractivity contribution in [2.24, 2.45) is 0 Å². The van der Waals surface area contributed by atoms with Crippen molar-refractivity contribution >= 4 is 28.9 Å². The van der Waals surface area contributed by atoms with Gasteiger partial charge in [0.2, 0.25) is 5.91 Å². The molecule has 5 heteroatoms. The number of ether oxygens (including phenoxy) is 1. The lowest BCUT2D eigenvalue weighted by atomic mass is 10.1. The third kappa shape index (κ3) is 4.48. The molecule has 0 bridgehead atoms. The van der Waals surface area contributed by atoms with E-state index in [1.54, 1.807) is 18.2 Å². The Hall–Kier alpha value is -2.04. The average molecular weight is 305 g/mol. The maximum Gasteiger partial charge on any atom is 0.250 e. The molecule has 110 valence electrons. The first kappa shape index (κ1) is 15.4. The van der Waals surface area contributed by atoms with Crippen LogP contribution in [0.5, 0.6) is 0 Å². The number of nitrogens with one attached hydrogen (secondary N) is 1. The second-order valence-electron chi connectivity index (χ2n) is 4.65. The van der Waals surface area contributed by atoms with Crippen LogP contribution in [0.15, 0.2) is 48.5 Å². The summed E-state index contributed by atoms with van der Waals surface area (Å²) in [6.45, 7) is 1.84. The molecule has 2 aromatic carbocycles. The zero-order valence-corrected chi connectivity index (χ0v) is 12.4. The Bertz CT molecular complexity index is 617. The number of carbonyl (C=O) groups excluding carboxylic acids is 1. The van der Waals surface area contributed by atoms with Gasteiger partial charge in [0.15, 0.2) is 0 Å². The van der Waals surface area contributed by atoms with Gasteiger partial charge in [-0.2, -0.15) is 0 Å². The van der Waals surface area contributed by atoms with E-state index in [0.29, 0.717) is 16.4 Å². The Kier molecular flexibility index (Phi) is 5.20. The number of nitrogens with two attached hydrogens (primary N) is 1. The summed E-state index contributed by atoms with van der Waals surface area (Å²) in [5.74, 6) is -0.273. The van der Waals surface area contributed by atoms with Gasteiger partial charge < -0.3 is 15.8 Å². The van der Waals surface area contributed by atoms with Crippen LogP contribution in [0.3, 0.4) is 0 Å². The van der Waals surface area contributed by atoms with Crippen LogP contribution < -0.4 is 11.1 Å². The zero-order chi connectivity index (χ0) is 15.2. The topological polar surface area (TPSA) is 64.3 Å². The third-order valence-electron chi connectivity index (χ3n) is 3.00. The summed E-state index contributed by atoms with van der Waals surface area (Å²) in [7, 11) is 0. The summed E-state index contributed by atoms with van der Waals surface area (Å²) < 4.78 is 5.55. The molecular formula is C16H17ClN2O2. The minimum absolute atomic E-state index is 0.0544. The van der Waals surface area contributed by atoms with E-state index >= 15 is 0 Å². The molecular weight excluding hydrogens is 288 g/mol. The number of anilines is 2. The van der Waals surface area contributed by atoms with E-state index < -0.39 is 0 Å². The molecule has 1 unspecified atom stereocenters. The quantitative estimate of drug-likeness (QED) is 0.829. The van der Waals surface area contributed by atoms with Gasteiger partial charge in [0.05, 0.1) is 16.8 Å². The molecule has 0 saturated heterocycles. The van der Waals surface area contributed by atoms with Gasteiger partial charge in [-0.25, -0.2) is 0 Å². The zero-order valence-electron chi connectivity index (χ0n) is 11.7. The largest absolute Gasteiger partial charge is 0.399 e. The number of rotatable bonds is 5. The normalized spacial score (nSPS) is 11.9. The maximum atomic E-state index is 11.9. The molecule has 0 radical (unpaired) electrons. The van der Waals surface area contributed by atoms with Crippen molar-refractivity contribution in [3.8, 4) is 0 Å². The second kappa shape index (κ2) is 7.11. The van der Waals surface area contributed by atoms with E-state index in [9.17, 15) is 4.79 Å². The highest BCUT2D eigenvalue weighted by atomic mass is 35.5. The third-order valence-corrected chi connectivity index (χ3v) is 3.33. The lowest BCUT2D eigenvalue weighted by Gasteiger charge is -2.14. The fourth-order valence-electron chi connectivity index (χ4n) is 1.85. The number of halogens is 1. The smallest absolute Gasteiger partial charge is 0.250 e. The van der Waals surface area contributed by atoms with E-state index in [2.05, 4.69) is 5.32 Å². The van der Waals surface area contributed by atoms with Crippen molar-refractivity contribution in [1.82, 2.24) is 0 Å². The van der Waals surface area contributed by atoms with Crippen molar-refractivity contribution in [1.29, 1.82) is 0 Å². The molecule has 3 N–H and O–H groups in total. The fraction of sp³-hybridized carbons (Fsp3) is 0.188. The summed E-state index contributed by atoms with van der Waals surface area (Å²) in [6.07, 6.45) is -0.159. The van der Waals surface area contributed by atoms with Crippen LogP contribution in [-0.2, 0) is 9.53 Å². The molecule has 21 heavy (non-hydrogen) atoms. The predicted octanol–water partition coefficient (Wildman–Crippen LogP) is 3.64. The Balaban J connectivity index is 1.89. The molecule has 0 spiro atoms. The van der Waals surface area contributed by atoms with E-state index in [1.807, 2.05) is 37.3 Å². The molecule has 2 aromatic rings. The van der Waals surface area contributed by atoms with Crippen LogP contribution in [0.2, 0.25) is 5.02 Å². The van der Waals surface area contributed by atoms with Gasteiger partial charge in [-0.3, -0.25) is 4.79 Å². The Labute approximate surface area is 128 Å². The summed E-state index contributed by atoms with van der Waals surface area (Å²) in [4.78, 5) is 11.9. The standard InChI is InChI=1S/C16H17ClN2O2/c1-11(12-5-3-2-4-6-12)21-10-16(20)19-15-9-13(18)7-8-14(15)17/h2-9,11H,10,18H2,1H3,(H,19,20). The van der Waals surface area contributed by atoms with Gasteiger partial charge in [-0.1, -0.05) is 41.9 Å². The number of nitrogen functional groups attached to an aromatic ring is 1. The average Bonchev–Trinajstić information content (AvgIpc) is 2.49. The van der Waals surface area contributed by atoms with Crippen LogP contribution in [0, 0.1) is 0 Å². The first-order chi connectivity index (χ1) is 10.1. The van der Waals surface area contributed by atoms with Crippen molar-refractivity contribution in [2.45, 2.75) is 13.0 Å². The van der Waals surface area contributed by atoms with Gasteiger partial charge >= 0.3 is 0 Å². The lowest BCUT2D eigenvalue weighted by Crippen LogP contribution is -2.19. The van der Waals surface area contributed by atoms with E-state index in [4.69, 9.17) is 22.1 Å². The Morgan fingerprint density at radius 2 is 2.00 bits per heavy atom. The molecule has 0 heterocycles. The molecule has 0 aliphatic heterocycles. The Morgan fingerprint density at radius 1 is 1.29 bits per heavy atom. The molecule has 0 aromatic heterocycles. The van der Waals surface area contributed by atoms with E-state index in [-0.39, 0.29) is 18.6 Å². The van der Waals surface area contributed by atoms with Gasteiger partial charge in [0.25, 0.3) is 0 Å². The van der Waals surface area contributed by atoms with Gasteiger partial charge in [0.1, 0.15) is 6.61 Å². The fourth-order valence-corrected chi connectivity index (χ4v) is 2.01. The summed E-state index contributed by atoms with van der Waals surface area (Å²) in [5.41, 5.74) is 7.70. The number of amides is 1. The van der Waals surface area contributed by atoms with Crippen LogP contribution in [0.25, 0.3) is 0 Å². The van der Waals surface area contributed by atoms with E-state index in [1.165, 1.54) is 0 Å². The summed E-state index contributed by atoms with van der Waals surface area (Å²) >= 11 is 5.99. The van der Waals surface area contributed by atoms with Crippen LogP contribution >= 0.6 is 11.6 Å². The van der Waals surface area contributed by atoms with Crippen molar-refractivity contribution in [2.75, 3.05) is 17.7 Å². The molecule has 1 atom stereocenters.